The average molecular weight is 648 g/mol. The number of hydrogen-bond donors (Lipinski definition) is 2. The van der Waals surface area contributed by atoms with Crippen LogP contribution in [0.4, 0.5) is 5.82 Å². The normalized spacial score (nSPS) is 17.8. The molecule has 6 rings (SSSR count). The van der Waals surface area contributed by atoms with Crippen molar-refractivity contribution in [2.45, 2.75) is 32.0 Å². The largest absolute Gasteiger partial charge is 0.379 e. The van der Waals surface area contributed by atoms with E-state index in [4.69, 9.17) is 15.1 Å². The molecule has 2 N–H and O–H groups in total. The summed E-state index contributed by atoms with van der Waals surface area (Å²) >= 11 is 0. The summed E-state index contributed by atoms with van der Waals surface area (Å²) in [5.74, 6) is -1.04. The number of fused-ring (bicyclic) bond motifs is 1. The molecule has 2 aliphatic rings. The number of ether oxygens (including phenoxy) is 1. The van der Waals surface area contributed by atoms with E-state index in [1.165, 1.54) is 10.7 Å². The first kappa shape index (κ1) is 32.4. The molecule has 0 saturated carbocycles. The Morgan fingerprint density at radius 1 is 1.10 bits per heavy atom. The zero-order valence-electron chi connectivity index (χ0n) is 26.7. The zero-order chi connectivity index (χ0) is 33.6. The van der Waals surface area contributed by atoms with Crippen molar-refractivity contribution in [2.75, 3.05) is 44.3 Å². The van der Waals surface area contributed by atoms with Crippen LogP contribution in [0.3, 0.4) is 0 Å². The van der Waals surface area contributed by atoms with E-state index in [-0.39, 0.29) is 30.6 Å². The van der Waals surface area contributed by atoms with E-state index in [2.05, 4.69) is 27.2 Å². The predicted octanol–water partition coefficient (Wildman–Crippen LogP) is 2.39. The van der Waals surface area contributed by atoms with Gasteiger partial charge in [-0.2, -0.15) is 15.5 Å². The maximum Gasteiger partial charge on any atom is 0.272 e. The third kappa shape index (κ3) is 6.76. The minimum absolute atomic E-state index is 0.00615. The van der Waals surface area contributed by atoms with Crippen molar-refractivity contribution in [3.63, 3.8) is 0 Å². The molecule has 0 radical (unpaired) electrons. The van der Waals surface area contributed by atoms with Crippen molar-refractivity contribution in [3.8, 4) is 11.8 Å². The average Bonchev–Trinajstić information content (AvgIpc) is 3.77. The Balaban J connectivity index is 1.31. The summed E-state index contributed by atoms with van der Waals surface area (Å²) in [6.07, 6.45) is 3.29. The number of carbonyl (C=O) groups is 3. The van der Waals surface area contributed by atoms with E-state index in [1.54, 1.807) is 22.0 Å². The molecular weight excluding hydrogens is 610 g/mol. The molecule has 2 aliphatic heterocycles. The van der Waals surface area contributed by atoms with Gasteiger partial charge >= 0.3 is 0 Å². The molecule has 2 atom stereocenters. The second-order valence-electron chi connectivity index (χ2n) is 11.7. The van der Waals surface area contributed by atoms with Crippen molar-refractivity contribution in [1.82, 2.24) is 35.1 Å². The standard InChI is InChI=1S/C35H37N9O4/c1-3-43-34-28(22-38-44(34)27-10-5-4-6-11-27)30(31(35(43)47)39-33(46)29-12-14-42(40-29)15-13-36)26-9-7-8-25(20-26)21-37-32(45)24(2)23-41-16-18-48-19-17-41/h4-12,14,20,22,30-31H,2-3,15-19,21,23H2,1H3,(H,37,45)(H,39,46)/t30-,31+/m1/s1. The monoisotopic (exact) mass is 647 g/mol. The van der Waals surface area contributed by atoms with Gasteiger partial charge in [-0.3, -0.25) is 28.9 Å². The van der Waals surface area contributed by atoms with Crippen LogP contribution in [0.5, 0.6) is 0 Å². The molecule has 2 aromatic carbocycles. The number of morpholine rings is 1. The van der Waals surface area contributed by atoms with Crippen LogP contribution in [0.2, 0.25) is 0 Å². The lowest BCUT2D eigenvalue weighted by atomic mass is 9.82. The van der Waals surface area contributed by atoms with Gasteiger partial charge in [0.05, 0.1) is 31.2 Å². The molecular formula is C35H37N9O4. The fourth-order valence-corrected chi connectivity index (χ4v) is 6.18. The molecule has 0 bridgehead atoms. The number of nitriles is 1. The van der Waals surface area contributed by atoms with Crippen molar-refractivity contribution in [1.29, 1.82) is 5.26 Å². The third-order valence-electron chi connectivity index (χ3n) is 8.54. The molecule has 246 valence electrons. The van der Waals surface area contributed by atoms with E-state index in [9.17, 15) is 14.4 Å². The Morgan fingerprint density at radius 2 is 1.90 bits per heavy atom. The Bertz CT molecular complexity index is 1850. The van der Waals surface area contributed by atoms with Gasteiger partial charge < -0.3 is 15.4 Å². The summed E-state index contributed by atoms with van der Waals surface area (Å²) in [6, 6.07) is 19.7. The van der Waals surface area contributed by atoms with Gasteiger partial charge in [0.2, 0.25) is 5.91 Å². The van der Waals surface area contributed by atoms with Gasteiger partial charge in [0.1, 0.15) is 24.1 Å². The van der Waals surface area contributed by atoms with Gasteiger partial charge in [-0.15, -0.1) is 0 Å². The zero-order valence-corrected chi connectivity index (χ0v) is 26.7. The molecule has 2 aromatic heterocycles. The van der Waals surface area contributed by atoms with Crippen LogP contribution in [0.15, 0.2) is 85.2 Å². The number of para-hydroxylation sites is 1. The molecule has 4 aromatic rings. The van der Waals surface area contributed by atoms with Crippen molar-refractivity contribution >= 4 is 23.5 Å². The van der Waals surface area contributed by atoms with E-state index >= 15 is 0 Å². The van der Waals surface area contributed by atoms with Crippen LogP contribution >= 0.6 is 0 Å². The molecule has 0 unspecified atom stereocenters. The smallest absolute Gasteiger partial charge is 0.272 e. The van der Waals surface area contributed by atoms with Crippen LogP contribution in [0.25, 0.3) is 5.69 Å². The van der Waals surface area contributed by atoms with Crippen molar-refractivity contribution in [3.05, 3.63) is 108 Å². The Hall–Kier alpha value is -5.58. The number of carbonyl (C=O) groups excluding carboxylic acids is 3. The van der Waals surface area contributed by atoms with Crippen LogP contribution in [0, 0.1) is 11.3 Å². The first-order valence-electron chi connectivity index (χ1n) is 15.9. The maximum absolute atomic E-state index is 14.3. The lowest BCUT2D eigenvalue weighted by Gasteiger charge is -2.38. The molecule has 4 heterocycles. The van der Waals surface area contributed by atoms with E-state index < -0.39 is 17.9 Å². The van der Waals surface area contributed by atoms with Gasteiger partial charge in [-0.25, -0.2) is 4.68 Å². The van der Waals surface area contributed by atoms with E-state index in [0.717, 1.165) is 35.5 Å². The van der Waals surface area contributed by atoms with E-state index in [0.29, 0.717) is 37.7 Å². The summed E-state index contributed by atoms with van der Waals surface area (Å²) in [7, 11) is 0. The number of likely N-dealkylation sites (N-methyl/N-ethyl adjacent to an activating group) is 1. The Morgan fingerprint density at radius 3 is 2.65 bits per heavy atom. The molecule has 1 fully saturated rings. The minimum atomic E-state index is -0.988. The predicted molar refractivity (Wildman–Crippen MR) is 177 cm³/mol. The molecule has 13 nitrogen and oxygen atoms in total. The summed E-state index contributed by atoms with van der Waals surface area (Å²) < 4.78 is 8.50. The Kier molecular flexibility index (Phi) is 9.75. The van der Waals surface area contributed by atoms with Crippen molar-refractivity contribution in [2.24, 2.45) is 0 Å². The van der Waals surface area contributed by atoms with Crippen LogP contribution < -0.4 is 15.5 Å². The number of amides is 3. The number of rotatable bonds is 11. The molecule has 0 aliphatic carbocycles. The van der Waals surface area contributed by atoms with E-state index in [1.807, 2.05) is 67.6 Å². The first-order chi connectivity index (χ1) is 23.4. The summed E-state index contributed by atoms with van der Waals surface area (Å²) in [6.45, 7) is 9.72. The number of benzene rings is 2. The highest BCUT2D eigenvalue weighted by molar-refractivity contribution is 6.04. The molecule has 0 spiro atoms. The topological polar surface area (TPSA) is 150 Å². The maximum atomic E-state index is 14.3. The summed E-state index contributed by atoms with van der Waals surface area (Å²) in [5.41, 5.74) is 3.72. The van der Waals surface area contributed by atoms with Crippen LogP contribution in [-0.4, -0.2) is 87.6 Å². The minimum Gasteiger partial charge on any atom is -0.379 e. The number of hydrogen-bond acceptors (Lipinski definition) is 8. The molecule has 48 heavy (non-hydrogen) atoms. The number of nitrogens with one attached hydrogen (secondary N) is 2. The summed E-state index contributed by atoms with van der Waals surface area (Å²) in [4.78, 5) is 44.5. The molecule has 1 saturated heterocycles. The van der Waals surface area contributed by atoms with Gasteiger partial charge in [0.25, 0.3) is 11.8 Å². The number of aromatic nitrogens is 4. The number of nitrogens with zero attached hydrogens (tertiary/aromatic N) is 7. The van der Waals surface area contributed by atoms with Gasteiger partial charge in [-0.05, 0) is 36.2 Å². The summed E-state index contributed by atoms with van der Waals surface area (Å²) in [5, 5.41) is 23.9. The molecule has 3 amide bonds. The number of anilines is 1. The third-order valence-corrected chi connectivity index (χ3v) is 8.54. The van der Waals surface area contributed by atoms with Crippen molar-refractivity contribution < 1.29 is 19.1 Å². The lowest BCUT2D eigenvalue weighted by Crippen LogP contribution is -2.55. The van der Waals surface area contributed by atoms with Crippen LogP contribution in [-0.2, 0) is 27.4 Å². The fourth-order valence-electron chi connectivity index (χ4n) is 6.18. The van der Waals surface area contributed by atoms with Crippen LogP contribution in [0.1, 0.15) is 40.0 Å². The SMILES string of the molecule is C=C(CN1CCOCC1)C(=O)NCc1cccc([C@@H]2c3cnn(-c4ccccc4)c3N(CC)C(=O)[C@H]2NC(=O)c2ccn(CC#N)n2)c1. The fraction of sp³-hybridized carbons (Fsp3) is 0.314. The van der Waals surface area contributed by atoms with Gasteiger partial charge in [0, 0.05) is 56.0 Å². The van der Waals surface area contributed by atoms with Gasteiger partial charge in [0.15, 0.2) is 0 Å². The molecule has 13 heteroatoms. The van der Waals surface area contributed by atoms with Gasteiger partial charge in [-0.1, -0.05) is 49.0 Å². The first-order valence-corrected chi connectivity index (χ1v) is 15.9. The highest BCUT2D eigenvalue weighted by Gasteiger charge is 2.44. The lowest BCUT2D eigenvalue weighted by molar-refractivity contribution is -0.121. The second kappa shape index (κ2) is 14.5. The quantitative estimate of drug-likeness (QED) is 0.236. The Labute approximate surface area is 278 Å². The highest BCUT2D eigenvalue weighted by atomic mass is 16.5. The highest BCUT2D eigenvalue weighted by Crippen LogP contribution is 2.41. The second-order valence-corrected chi connectivity index (χ2v) is 11.7.